The van der Waals surface area contributed by atoms with Crippen LogP contribution < -0.4 is 10.8 Å². The Kier molecular flexibility index (Phi) is 5.28. The van der Waals surface area contributed by atoms with Gasteiger partial charge in [0.15, 0.2) is 5.84 Å². The monoisotopic (exact) mass is 291 g/mol. The Morgan fingerprint density at radius 1 is 1.30 bits per heavy atom. The fourth-order valence-electron chi connectivity index (χ4n) is 1.57. The van der Waals surface area contributed by atoms with E-state index in [0.717, 1.165) is 0 Å². The summed E-state index contributed by atoms with van der Waals surface area (Å²) < 4.78 is 0. The van der Waals surface area contributed by atoms with Crippen LogP contribution in [-0.2, 0) is 4.84 Å². The van der Waals surface area contributed by atoms with Crippen molar-refractivity contribution in [2.45, 2.75) is 50.7 Å². The second-order valence-corrected chi connectivity index (χ2v) is 5.56. The Morgan fingerprint density at radius 3 is 2.40 bits per heavy atom. The summed E-state index contributed by atoms with van der Waals surface area (Å²) in [7, 11) is 0. The number of amidine groups is 1. The smallest absolute Gasteiger partial charge is 0.394 e. The molecule has 0 fully saturated rings. The molecule has 0 radical (unpaired) electrons. The van der Waals surface area contributed by atoms with Crippen LogP contribution in [0, 0.1) is 0 Å². The van der Waals surface area contributed by atoms with Crippen LogP contribution in [0.4, 0.5) is 4.79 Å². The zero-order valence-electron chi connectivity index (χ0n) is 11.6. The number of rotatable bonds is 1. The lowest BCUT2D eigenvalue weighted by atomic mass is 9.97. The predicted octanol–water partition coefficient (Wildman–Crippen LogP) is -2.13. The first-order chi connectivity index (χ1) is 9.15. The van der Waals surface area contributed by atoms with Gasteiger partial charge in [-0.05, 0) is 20.8 Å². The van der Waals surface area contributed by atoms with Gasteiger partial charge in [0.1, 0.15) is 24.4 Å². The van der Waals surface area contributed by atoms with Crippen molar-refractivity contribution in [2.24, 2.45) is 4.99 Å². The molecule has 9 nitrogen and oxygen atoms in total. The number of hydrogen-bond acceptors (Lipinski definition) is 8. The number of aliphatic imine (C=N–C) groups is 1. The molecule has 0 saturated heterocycles. The predicted molar refractivity (Wildman–Crippen MR) is 68.8 cm³/mol. The molecule has 0 saturated carbocycles. The zero-order chi connectivity index (χ0) is 15.5. The summed E-state index contributed by atoms with van der Waals surface area (Å²) in [5, 5.41) is 40.3. The molecule has 6 N–H and O–H groups in total. The van der Waals surface area contributed by atoms with Gasteiger partial charge in [0.25, 0.3) is 0 Å². The molecule has 4 atom stereocenters. The van der Waals surface area contributed by atoms with Gasteiger partial charge in [0.05, 0.1) is 6.61 Å². The first-order valence-electron chi connectivity index (χ1n) is 6.13. The van der Waals surface area contributed by atoms with Crippen LogP contribution in [0.2, 0.25) is 0 Å². The van der Waals surface area contributed by atoms with Gasteiger partial charge in [-0.1, -0.05) is 0 Å². The number of hydrogen-bond donors (Lipinski definition) is 6. The first kappa shape index (κ1) is 16.6. The molecule has 116 valence electrons. The van der Waals surface area contributed by atoms with E-state index >= 15 is 0 Å². The molecule has 0 aromatic rings. The van der Waals surface area contributed by atoms with E-state index < -0.39 is 42.6 Å². The lowest BCUT2D eigenvalue weighted by Crippen LogP contribution is -2.57. The minimum Gasteiger partial charge on any atom is -0.394 e. The number of aliphatic hydroxyl groups excluding tert-OH is 4. The Balaban J connectivity index is 2.64. The van der Waals surface area contributed by atoms with Crippen molar-refractivity contribution in [1.82, 2.24) is 10.8 Å². The Bertz CT molecular complexity index is 381. The summed E-state index contributed by atoms with van der Waals surface area (Å²) in [4.78, 5) is 19.8. The number of nitrogens with zero attached hydrogens (tertiary/aromatic N) is 1. The number of amides is 1. The van der Waals surface area contributed by atoms with E-state index in [1.807, 2.05) is 0 Å². The number of carbonyl (C=O) groups is 1. The molecule has 1 rings (SSSR count). The van der Waals surface area contributed by atoms with Gasteiger partial charge < -0.3 is 30.6 Å². The summed E-state index contributed by atoms with van der Waals surface area (Å²) >= 11 is 0. The van der Waals surface area contributed by atoms with Crippen LogP contribution in [0.25, 0.3) is 0 Å². The average molecular weight is 291 g/mol. The third-order valence-electron chi connectivity index (χ3n) is 2.57. The molecular weight excluding hydrogens is 270 g/mol. The maximum absolute atomic E-state index is 11.4. The highest BCUT2D eigenvalue weighted by Crippen LogP contribution is 2.15. The molecule has 0 aromatic carbocycles. The Labute approximate surface area is 116 Å². The topological polar surface area (TPSA) is 144 Å². The summed E-state index contributed by atoms with van der Waals surface area (Å²) in [5.74, 6) is -0.245. The van der Waals surface area contributed by atoms with Gasteiger partial charge in [-0.2, -0.15) is 0 Å². The number of nitrogens with one attached hydrogen (secondary N) is 2. The fourth-order valence-corrected chi connectivity index (χ4v) is 1.57. The molecule has 0 aliphatic carbocycles. The summed E-state index contributed by atoms with van der Waals surface area (Å²) in [6.07, 6.45) is -5.28. The third-order valence-corrected chi connectivity index (χ3v) is 2.57. The lowest BCUT2D eigenvalue weighted by Gasteiger charge is -2.32. The highest BCUT2D eigenvalue weighted by atomic mass is 16.7. The van der Waals surface area contributed by atoms with Crippen molar-refractivity contribution in [2.75, 3.05) is 6.61 Å². The molecular formula is C11H21N3O6. The molecule has 0 aromatic heterocycles. The SMILES string of the molecule is CC(C)(C)NC(=O)ONC1=N[C@H](CO)[C@@H](O)[C@H](O)[C@H]1O. The van der Waals surface area contributed by atoms with Gasteiger partial charge in [-0.3, -0.25) is 4.99 Å². The minimum absolute atomic E-state index is 0.245. The molecule has 0 bridgehead atoms. The second kappa shape index (κ2) is 6.35. The van der Waals surface area contributed by atoms with Crippen LogP contribution in [0.5, 0.6) is 0 Å². The second-order valence-electron chi connectivity index (χ2n) is 5.56. The number of hydroxylamine groups is 1. The van der Waals surface area contributed by atoms with Crippen LogP contribution in [0.1, 0.15) is 20.8 Å². The van der Waals surface area contributed by atoms with Crippen LogP contribution in [0.3, 0.4) is 0 Å². The molecule has 9 heteroatoms. The van der Waals surface area contributed by atoms with Crippen molar-refractivity contribution in [3.8, 4) is 0 Å². The average Bonchev–Trinajstić information content (AvgIpc) is 2.33. The first-order valence-corrected chi connectivity index (χ1v) is 6.13. The molecule has 1 aliphatic rings. The fraction of sp³-hybridized carbons (Fsp3) is 0.818. The largest absolute Gasteiger partial charge is 0.431 e. The maximum atomic E-state index is 11.4. The minimum atomic E-state index is -1.55. The highest BCUT2D eigenvalue weighted by Gasteiger charge is 2.39. The van der Waals surface area contributed by atoms with Crippen molar-refractivity contribution in [3.63, 3.8) is 0 Å². The zero-order valence-corrected chi connectivity index (χ0v) is 11.6. The summed E-state index contributed by atoms with van der Waals surface area (Å²) in [5.41, 5.74) is 1.61. The van der Waals surface area contributed by atoms with Crippen molar-refractivity contribution < 1.29 is 30.1 Å². The Morgan fingerprint density at radius 2 is 1.90 bits per heavy atom. The van der Waals surface area contributed by atoms with E-state index in [0.29, 0.717) is 0 Å². The quantitative estimate of drug-likeness (QED) is 0.303. The van der Waals surface area contributed by atoms with Gasteiger partial charge >= 0.3 is 6.09 Å². The van der Waals surface area contributed by atoms with E-state index in [4.69, 9.17) is 5.11 Å². The molecule has 0 unspecified atom stereocenters. The van der Waals surface area contributed by atoms with Crippen LogP contribution in [-0.4, -0.2) is 68.9 Å². The van der Waals surface area contributed by atoms with E-state index in [1.165, 1.54) is 0 Å². The van der Waals surface area contributed by atoms with Crippen molar-refractivity contribution >= 4 is 11.9 Å². The number of aliphatic hydroxyl groups is 4. The summed E-state index contributed by atoms with van der Waals surface area (Å²) in [6, 6.07) is -1.01. The van der Waals surface area contributed by atoms with E-state index in [9.17, 15) is 20.1 Å². The molecule has 1 aliphatic heterocycles. The normalized spacial score (nSPS) is 30.4. The molecule has 0 spiro atoms. The molecule has 1 heterocycles. The van der Waals surface area contributed by atoms with Gasteiger partial charge in [-0.15, -0.1) is 0 Å². The van der Waals surface area contributed by atoms with Gasteiger partial charge in [0, 0.05) is 5.54 Å². The highest BCUT2D eigenvalue weighted by molar-refractivity contribution is 5.88. The van der Waals surface area contributed by atoms with Crippen molar-refractivity contribution in [3.05, 3.63) is 0 Å². The van der Waals surface area contributed by atoms with Crippen LogP contribution >= 0.6 is 0 Å². The summed E-state index contributed by atoms with van der Waals surface area (Å²) in [6.45, 7) is 4.74. The van der Waals surface area contributed by atoms with E-state index in [-0.39, 0.29) is 5.84 Å². The Hall–Kier alpha value is -1.42. The molecule has 1 amide bonds. The van der Waals surface area contributed by atoms with E-state index in [1.54, 1.807) is 20.8 Å². The molecule has 20 heavy (non-hydrogen) atoms. The van der Waals surface area contributed by atoms with Crippen LogP contribution in [0.15, 0.2) is 4.99 Å². The third kappa shape index (κ3) is 4.30. The maximum Gasteiger partial charge on any atom is 0.431 e. The number of carbonyl (C=O) groups excluding carboxylic acids is 1. The van der Waals surface area contributed by atoms with Crippen molar-refractivity contribution in [1.29, 1.82) is 0 Å². The van der Waals surface area contributed by atoms with E-state index in [2.05, 4.69) is 20.6 Å². The van der Waals surface area contributed by atoms with Gasteiger partial charge in [-0.25, -0.2) is 10.3 Å². The standard InChI is InChI=1S/C11H21N3O6/c1-11(2,3)13-10(19)20-14-9-8(18)7(17)6(16)5(4-15)12-9/h5-8,15-18H,4H2,1-3H3,(H,12,14)(H,13,19)/t5-,6-,7+,8-/m1/s1. The lowest BCUT2D eigenvalue weighted by molar-refractivity contribution is -0.0626. The van der Waals surface area contributed by atoms with Gasteiger partial charge in [0.2, 0.25) is 0 Å².